The fraction of sp³-hybridized carbons (Fsp3) is 0.545. The van der Waals surface area contributed by atoms with Gasteiger partial charge in [-0.3, -0.25) is 9.59 Å². The average Bonchev–Trinajstić information content (AvgIpc) is 2.90. The number of ether oxygens (including phenoxy) is 1. The van der Waals surface area contributed by atoms with Crippen molar-refractivity contribution >= 4 is 17.9 Å². The van der Waals surface area contributed by atoms with Gasteiger partial charge in [-0.15, -0.1) is 0 Å². The van der Waals surface area contributed by atoms with E-state index in [0.29, 0.717) is 24.2 Å². The Balaban J connectivity index is 1.77. The minimum Gasteiger partial charge on any atom is -0.444 e. The zero-order valence-electron chi connectivity index (χ0n) is 24.9. The van der Waals surface area contributed by atoms with Crippen molar-refractivity contribution in [3.8, 4) is 0 Å². The van der Waals surface area contributed by atoms with Gasteiger partial charge in [0.2, 0.25) is 11.8 Å². The molecule has 3 amide bonds. The van der Waals surface area contributed by atoms with E-state index in [4.69, 9.17) is 4.74 Å². The molecule has 0 saturated heterocycles. The van der Waals surface area contributed by atoms with Gasteiger partial charge in [0.05, 0.1) is 6.04 Å². The Morgan fingerprint density at radius 3 is 2.15 bits per heavy atom. The van der Waals surface area contributed by atoms with E-state index >= 15 is 0 Å². The lowest BCUT2D eigenvalue weighted by atomic mass is 9.70. The molecule has 2 aromatic rings. The van der Waals surface area contributed by atoms with Crippen LogP contribution in [0.2, 0.25) is 0 Å². The highest BCUT2D eigenvalue weighted by Crippen LogP contribution is 2.38. The number of rotatable bonds is 10. The van der Waals surface area contributed by atoms with Gasteiger partial charge in [-0.05, 0) is 62.5 Å². The van der Waals surface area contributed by atoms with E-state index in [1.54, 1.807) is 20.8 Å². The predicted molar refractivity (Wildman–Crippen MR) is 158 cm³/mol. The molecule has 0 aliphatic heterocycles. The molecule has 1 saturated carbocycles. The molecule has 2 aromatic carbocycles. The zero-order chi connectivity index (χ0) is 29.3. The van der Waals surface area contributed by atoms with Gasteiger partial charge in [0.15, 0.2) is 0 Å². The molecule has 3 N–H and O–H groups in total. The van der Waals surface area contributed by atoms with E-state index in [9.17, 15) is 14.4 Å². The van der Waals surface area contributed by atoms with Crippen LogP contribution in [0.25, 0.3) is 0 Å². The van der Waals surface area contributed by atoms with Crippen molar-refractivity contribution in [2.75, 3.05) is 6.54 Å². The van der Waals surface area contributed by atoms with Crippen LogP contribution in [0.15, 0.2) is 60.7 Å². The molecule has 1 aliphatic carbocycles. The van der Waals surface area contributed by atoms with Gasteiger partial charge in [-0.2, -0.15) is 0 Å². The summed E-state index contributed by atoms with van der Waals surface area (Å²) in [5, 5.41) is 9.01. The topological polar surface area (TPSA) is 96.5 Å². The van der Waals surface area contributed by atoms with Gasteiger partial charge in [0.1, 0.15) is 11.6 Å². The summed E-state index contributed by atoms with van der Waals surface area (Å²) in [6.07, 6.45) is 2.75. The zero-order valence-corrected chi connectivity index (χ0v) is 24.9. The summed E-state index contributed by atoms with van der Waals surface area (Å²) in [4.78, 5) is 39.8. The van der Waals surface area contributed by atoms with E-state index in [-0.39, 0.29) is 24.3 Å². The number of alkyl carbamates (subject to hydrolysis) is 1. The van der Waals surface area contributed by atoms with Gasteiger partial charge in [-0.25, -0.2) is 4.79 Å². The molecule has 0 bridgehead atoms. The second-order valence-corrected chi connectivity index (χ2v) is 12.5. The van der Waals surface area contributed by atoms with Crippen molar-refractivity contribution in [2.24, 2.45) is 23.7 Å². The van der Waals surface area contributed by atoms with Crippen LogP contribution in [0.4, 0.5) is 4.79 Å². The predicted octanol–water partition coefficient (Wildman–Crippen LogP) is 5.80. The fourth-order valence-corrected chi connectivity index (χ4v) is 5.56. The number of hydrogen-bond donors (Lipinski definition) is 3. The largest absolute Gasteiger partial charge is 0.444 e. The number of carbonyl (C=O) groups is 3. The first-order chi connectivity index (χ1) is 18.9. The molecule has 40 heavy (non-hydrogen) atoms. The quantitative estimate of drug-likeness (QED) is 0.349. The van der Waals surface area contributed by atoms with Crippen LogP contribution < -0.4 is 16.0 Å². The minimum atomic E-state index is -0.858. The number of nitrogens with one attached hydrogen (secondary N) is 3. The van der Waals surface area contributed by atoms with E-state index < -0.39 is 23.8 Å². The fourth-order valence-electron chi connectivity index (χ4n) is 5.56. The van der Waals surface area contributed by atoms with Gasteiger partial charge in [-0.1, -0.05) is 87.9 Å². The lowest BCUT2D eigenvalue weighted by Crippen LogP contribution is -2.51. The third-order valence-corrected chi connectivity index (χ3v) is 7.65. The molecule has 218 valence electrons. The van der Waals surface area contributed by atoms with Gasteiger partial charge in [0.25, 0.3) is 0 Å². The molecule has 3 rings (SSSR count). The standard InChI is InChI=1S/C33H47N3O4/c1-22(2)26-18-17-23(3)19-27(26)30(37)34-21-29(25-15-11-8-12-16-25)35-31(38)28(20-24-13-9-7-10-14-24)36-32(39)40-33(4,5)6/h7-16,22-23,26-29H,17-21H2,1-6H3,(H,34,37)(H,35,38)(H,36,39)/t23-,26+,27-,28-,29-/m1/s1. The summed E-state index contributed by atoms with van der Waals surface area (Å²) in [6.45, 7) is 12.2. The minimum absolute atomic E-state index is 0.0319. The Kier molecular flexibility index (Phi) is 11.2. The van der Waals surface area contributed by atoms with Crippen molar-refractivity contribution in [3.63, 3.8) is 0 Å². The van der Waals surface area contributed by atoms with Crippen LogP contribution in [-0.2, 0) is 20.7 Å². The van der Waals surface area contributed by atoms with Gasteiger partial charge >= 0.3 is 6.09 Å². The average molecular weight is 550 g/mol. The number of hydrogen-bond acceptors (Lipinski definition) is 4. The molecule has 0 aromatic heterocycles. The Bertz CT molecular complexity index is 1100. The summed E-state index contributed by atoms with van der Waals surface area (Å²) in [6, 6.07) is 17.8. The first kappa shape index (κ1) is 31.2. The van der Waals surface area contributed by atoms with Crippen molar-refractivity contribution in [3.05, 3.63) is 71.8 Å². The first-order valence-corrected chi connectivity index (χ1v) is 14.6. The molecule has 5 atom stereocenters. The Morgan fingerprint density at radius 2 is 1.55 bits per heavy atom. The molecular weight excluding hydrogens is 502 g/mol. The summed E-state index contributed by atoms with van der Waals surface area (Å²) >= 11 is 0. The SMILES string of the molecule is CC(C)[C@@H]1CC[C@@H](C)C[C@H]1C(=O)NC[C@@H](NC(=O)[C@@H](Cc1ccccc1)NC(=O)OC(C)(C)C)c1ccccc1. The maximum atomic E-state index is 13.7. The Labute approximate surface area is 239 Å². The van der Waals surface area contributed by atoms with Crippen molar-refractivity contribution < 1.29 is 19.1 Å². The summed E-state index contributed by atoms with van der Waals surface area (Å²) < 4.78 is 5.44. The van der Waals surface area contributed by atoms with Crippen molar-refractivity contribution in [1.29, 1.82) is 0 Å². The lowest BCUT2D eigenvalue weighted by molar-refractivity contribution is -0.130. The van der Waals surface area contributed by atoms with Crippen molar-refractivity contribution in [1.82, 2.24) is 16.0 Å². The third kappa shape index (κ3) is 9.68. The molecule has 0 radical (unpaired) electrons. The van der Waals surface area contributed by atoms with Crippen LogP contribution in [0.1, 0.15) is 78.0 Å². The highest BCUT2D eigenvalue weighted by atomic mass is 16.6. The maximum Gasteiger partial charge on any atom is 0.408 e. The Morgan fingerprint density at radius 1 is 0.925 bits per heavy atom. The summed E-state index contributed by atoms with van der Waals surface area (Å²) in [7, 11) is 0. The van der Waals surface area contributed by atoms with E-state index in [0.717, 1.165) is 30.4 Å². The molecule has 0 heterocycles. The van der Waals surface area contributed by atoms with E-state index in [1.807, 2.05) is 60.7 Å². The molecule has 1 aliphatic rings. The number of carbonyl (C=O) groups excluding carboxylic acids is 3. The van der Waals surface area contributed by atoms with Crippen molar-refractivity contribution in [2.45, 2.75) is 84.9 Å². The molecule has 0 unspecified atom stereocenters. The maximum absolute atomic E-state index is 13.7. The second-order valence-electron chi connectivity index (χ2n) is 12.5. The molecule has 7 nitrogen and oxygen atoms in total. The second kappa shape index (κ2) is 14.3. The molecule has 1 fully saturated rings. The highest BCUT2D eigenvalue weighted by molar-refractivity contribution is 5.86. The summed E-state index contributed by atoms with van der Waals surface area (Å²) in [5.74, 6) is 0.987. The van der Waals surface area contributed by atoms with Crippen LogP contribution in [-0.4, -0.2) is 36.1 Å². The van der Waals surface area contributed by atoms with E-state index in [2.05, 4.69) is 36.7 Å². The van der Waals surface area contributed by atoms with Gasteiger partial charge in [0, 0.05) is 18.9 Å². The molecule has 0 spiro atoms. The van der Waals surface area contributed by atoms with Crippen LogP contribution >= 0.6 is 0 Å². The summed E-state index contributed by atoms with van der Waals surface area (Å²) in [5.41, 5.74) is 1.10. The van der Waals surface area contributed by atoms with E-state index in [1.165, 1.54) is 0 Å². The normalized spacial score (nSPS) is 20.7. The van der Waals surface area contributed by atoms with Gasteiger partial charge < -0.3 is 20.7 Å². The first-order valence-electron chi connectivity index (χ1n) is 14.6. The lowest BCUT2D eigenvalue weighted by Gasteiger charge is -2.36. The number of amides is 3. The van der Waals surface area contributed by atoms with Crippen LogP contribution in [0, 0.1) is 23.7 Å². The van der Waals surface area contributed by atoms with Crippen LogP contribution in [0.3, 0.4) is 0 Å². The molecule has 7 heteroatoms. The highest BCUT2D eigenvalue weighted by Gasteiger charge is 2.36. The Hall–Kier alpha value is -3.35. The van der Waals surface area contributed by atoms with Crippen LogP contribution in [0.5, 0.6) is 0 Å². The number of benzene rings is 2. The smallest absolute Gasteiger partial charge is 0.408 e. The monoisotopic (exact) mass is 549 g/mol. The molecular formula is C33H47N3O4. The third-order valence-electron chi connectivity index (χ3n) is 7.65.